The van der Waals surface area contributed by atoms with Crippen molar-refractivity contribution in [1.82, 2.24) is 14.7 Å². The highest BCUT2D eigenvalue weighted by Crippen LogP contribution is 2.37. The molecule has 36 heavy (non-hydrogen) atoms. The molecule has 0 bridgehead atoms. The summed E-state index contributed by atoms with van der Waals surface area (Å²) in [5.74, 6) is -0.142. The number of hydrogen-bond acceptors (Lipinski definition) is 6. The van der Waals surface area contributed by atoms with Gasteiger partial charge in [-0.3, -0.25) is 24.6 Å². The number of carbonyl (C=O) groups is 2. The van der Waals surface area contributed by atoms with Gasteiger partial charge in [-0.1, -0.05) is 36.4 Å². The van der Waals surface area contributed by atoms with E-state index in [1.165, 1.54) is 34.2 Å². The number of carbonyl (C=O) groups excluding carboxylic acids is 2. The molecule has 1 unspecified atom stereocenters. The van der Waals surface area contributed by atoms with Crippen LogP contribution < -0.4 is 0 Å². The summed E-state index contributed by atoms with van der Waals surface area (Å²) in [6.07, 6.45) is 1.44. The molecule has 0 radical (unpaired) electrons. The molecule has 0 aliphatic carbocycles. The molecule has 1 fully saturated rings. The van der Waals surface area contributed by atoms with E-state index in [0.29, 0.717) is 44.7 Å². The number of nitro groups is 1. The van der Waals surface area contributed by atoms with Crippen molar-refractivity contribution in [3.05, 3.63) is 97.7 Å². The fraction of sp³-hybridized carbons (Fsp3) is 0.333. The van der Waals surface area contributed by atoms with Crippen LogP contribution in [0.1, 0.15) is 38.8 Å². The van der Waals surface area contributed by atoms with Gasteiger partial charge in [0.05, 0.1) is 11.0 Å². The second-order valence-electron chi connectivity index (χ2n) is 9.13. The first-order valence-corrected chi connectivity index (χ1v) is 13.1. The standard InChI is InChI=1S/C27H28N4O4S/c32-25(28-14-16-30(17-15-28)27(33)21-7-4-8-22(19-21)31(34)35)10-13-29-12-9-24-23(11-18-36-24)26(29)20-5-2-1-3-6-20/h1-8,11,18-19,26H,9-10,12-17H2. The summed E-state index contributed by atoms with van der Waals surface area (Å²) in [6, 6.07) is 18.6. The Morgan fingerprint density at radius 3 is 2.44 bits per heavy atom. The smallest absolute Gasteiger partial charge is 0.270 e. The predicted molar refractivity (Wildman–Crippen MR) is 138 cm³/mol. The van der Waals surface area contributed by atoms with Crippen molar-refractivity contribution < 1.29 is 14.5 Å². The molecule has 2 aliphatic heterocycles. The Kier molecular flexibility index (Phi) is 7.11. The van der Waals surface area contributed by atoms with E-state index in [0.717, 1.165) is 13.0 Å². The lowest BCUT2D eigenvalue weighted by Crippen LogP contribution is -2.51. The van der Waals surface area contributed by atoms with Crippen LogP contribution in [0.5, 0.6) is 0 Å². The highest BCUT2D eigenvalue weighted by molar-refractivity contribution is 7.10. The number of amides is 2. The van der Waals surface area contributed by atoms with Gasteiger partial charge in [-0.15, -0.1) is 11.3 Å². The fourth-order valence-corrected chi connectivity index (χ4v) is 6.03. The van der Waals surface area contributed by atoms with Gasteiger partial charge < -0.3 is 9.80 Å². The zero-order valence-corrected chi connectivity index (χ0v) is 20.7. The quantitative estimate of drug-likeness (QED) is 0.374. The van der Waals surface area contributed by atoms with E-state index in [2.05, 4.69) is 40.6 Å². The second-order valence-corrected chi connectivity index (χ2v) is 10.1. The molecule has 2 amide bonds. The van der Waals surface area contributed by atoms with Crippen LogP contribution in [0.2, 0.25) is 0 Å². The summed E-state index contributed by atoms with van der Waals surface area (Å²) in [5.41, 5.74) is 2.79. The Balaban J connectivity index is 1.18. The topological polar surface area (TPSA) is 87.0 Å². The van der Waals surface area contributed by atoms with Crippen molar-refractivity contribution in [2.45, 2.75) is 18.9 Å². The van der Waals surface area contributed by atoms with Gasteiger partial charge in [-0.05, 0) is 35.1 Å². The van der Waals surface area contributed by atoms with Gasteiger partial charge in [-0.2, -0.15) is 0 Å². The minimum Gasteiger partial charge on any atom is -0.339 e. The number of nitro benzene ring substituents is 1. The molecule has 9 heteroatoms. The molecule has 1 saturated heterocycles. The fourth-order valence-electron chi connectivity index (χ4n) is 5.13. The van der Waals surface area contributed by atoms with Gasteiger partial charge in [0.15, 0.2) is 0 Å². The van der Waals surface area contributed by atoms with Crippen LogP contribution in [0.3, 0.4) is 0 Å². The van der Waals surface area contributed by atoms with E-state index in [1.54, 1.807) is 11.0 Å². The van der Waals surface area contributed by atoms with Crippen molar-refractivity contribution in [1.29, 1.82) is 0 Å². The number of non-ortho nitro benzene ring substituents is 1. The molecule has 3 heterocycles. The Morgan fingerprint density at radius 2 is 1.69 bits per heavy atom. The third-order valence-electron chi connectivity index (χ3n) is 7.02. The maximum absolute atomic E-state index is 13.1. The number of thiophene rings is 1. The number of fused-ring (bicyclic) bond motifs is 1. The van der Waals surface area contributed by atoms with Crippen LogP contribution in [0.4, 0.5) is 5.69 Å². The van der Waals surface area contributed by atoms with Crippen LogP contribution in [-0.4, -0.2) is 70.7 Å². The van der Waals surface area contributed by atoms with E-state index in [4.69, 9.17) is 0 Å². The maximum atomic E-state index is 13.1. The molecule has 8 nitrogen and oxygen atoms in total. The minimum absolute atomic E-state index is 0.0976. The molecule has 0 saturated carbocycles. The van der Waals surface area contributed by atoms with Crippen molar-refractivity contribution in [3.8, 4) is 0 Å². The van der Waals surface area contributed by atoms with Crippen LogP contribution in [-0.2, 0) is 11.2 Å². The molecule has 1 aromatic heterocycles. The lowest BCUT2D eigenvalue weighted by molar-refractivity contribution is -0.384. The van der Waals surface area contributed by atoms with Crippen LogP contribution in [0, 0.1) is 10.1 Å². The first-order valence-electron chi connectivity index (χ1n) is 12.2. The number of nitrogens with zero attached hydrogens (tertiary/aromatic N) is 4. The number of benzene rings is 2. The summed E-state index contributed by atoms with van der Waals surface area (Å²) in [7, 11) is 0. The molecule has 2 aliphatic rings. The van der Waals surface area contributed by atoms with Crippen molar-refractivity contribution >= 4 is 28.8 Å². The lowest BCUT2D eigenvalue weighted by Gasteiger charge is -2.38. The summed E-state index contributed by atoms with van der Waals surface area (Å²) in [5, 5.41) is 13.2. The average molecular weight is 505 g/mol. The van der Waals surface area contributed by atoms with E-state index < -0.39 is 4.92 Å². The zero-order chi connectivity index (χ0) is 25.1. The Morgan fingerprint density at radius 1 is 0.944 bits per heavy atom. The summed E-state index contributed by atoms with van der Waals surface area (Å²) in [4.78, 5) is 43.7. The molecule has 0 spiro atoms. The van der Waals surface area contributed by atoms with Gasteiger partial charge >= 0.3 is 0 Å². The summed E-state index contributed by atoms with van der Waals surface area (Å²) >= 11 is 1.81. The van der Waals surface area contributed by atoms with Gasteiger partial charge in [0, 0.05) is 68.3 Å². The van der Waals surface area contributed by atoms with Gasteiger partial charge in [0.2, 0.25) is 5.91 Å². The summed E-state index contributed by atoms with van der Waals surface area (Å²) in [6.45, 7) is 3.38. The number of rotatable bonds is 6. The average Bonchev–Trinajstić information content (AvgIpc) is 3.40. The molecule has 1 atom stereocenters. The minimum atomic E-state index is -0.503. The molecule has 2 aromatic carbocycles. The SMILES string of the molecule is O=C(CCN1CCc2sccc2C1c1ccccc1)N1CCN(C(=O)c2cccc([N+](=O)[O-])c2)CC1. The Labute approximate surface area is 213 Å². The first kappa shape index (κ1) is 24.1. The molecule has 186 valence electrons. The summed E-state index contributed by atoms with van der Waals surface area (Å²) < 4.78 is 0. The lowest BCUT2D eigenvalue weighted by atomic mass is 9.93. The molecule has 5 rings (SSSR count). The second kappa shape index (κ2) is 10.6. The van der Waals surface area contributed by atoms with Gasteiger partial charge in [0.1, 0.15) is 0 Å². The van der Waals surface area contributed by atoms with Gasteiger partial charge in [0.25, 0.3) is 11.6 Å². The van der Waals surface area contributed by atoms with Crippen LogP contribution >= 0.6 is 11.3 Å². The van der Waals surface area contributed by atoms with Crippen molar-refractivity contribution in [3.63, 3.8) is 0 Å². The molecular weight excluding hydrogens is 476 g/mol. The predicted octanol–water partition coefficient (Wildman–Crippen LogP) is 3.98. The largest absolute Gasteiger partial charge is 0.339 e. The third kappa shape index (κ3) is 5.03. The Bertz CT molecular complexity index is 1250. The van der Waals surface area contributed by atoms with E-state index in [-0.39, 0.29) is 23.5 Å². The van der Waals surface area contributed by atoms with E-state index >= 15 is 0 Å². The first-order chi connectivity index (χ1) is 17.5. The highest BCUT2D eigenvalue weighted by atomic mass is 32.1. The van der Waals surface area contributed by atoms with Crippen molar-refractivity contribution in [2.24, 2.45) is 0 Å². The normalized spacial score (nSPS) is 18.1. The number of hydrogen-bond donors (Lipinski definition) is 0. The highest BCUT2D eigenvalue weighted by Gasteiger charge is 2.31. The zero-order valence-electron chi connectivity index (χ0n) is 19.9. The third-order valence-corrected chi connectivity index (χ3v) is 8.01. The van der Waals surface area contributed by atoms with Crippen LogP contribution in [0.25, 0.3) is 0 Å². The molecular formula is C27H28N4O4S. The van der Waals surface area contributed by atoms with E-state index in [9.17, 15) is 19.7 Å². The Hall–Kier alpha value is -3.56. The van der Waals surface area contributed by atoms with Gasteiger partial charge in [-0.25, -0.2) is 0 Å². The molecule has 3 aromatic rings. The van der Waals surface area contributed by atoms with E-state index in [1.807, 2.05) is 22.3 Å². The molecule has 0 N–H and O–H groups in total. The number of piperazine rings is 1. The monoisotopic (exact) mass is 504 g/mol. The van der Waals surface area contributed by atoms with Crippen molar-refractivity contribution in [2.75, 3.05) is 39.3 Å². The maximum Gasteiger partial charge on any atom is 0.270 e. The van der Waals surface area contributed by atoms with Crippen LogP contribution in [0.15, 0.2) is 66.0 Å².